The molecule has 1 aliphatic heterocycles. The van der Waals surface area contributed by atoms with Crippen LogP contribution in [0.2, 0.25) is 0 Å². The molecule has 4 aliphatic carbocycles. The largest absolute Gasteiger partial charge is 0.455 e. The number of carbonyl (C=O) groups is 1. The van der Waals surface area contributed by atoms with Crippen molar-refractivity contribution in [2.24, 2.45) is 39.4 Å². The second-order valence-corrected chi connectivity index (χ2v) is 12.5. The second-order valence-electron chi connectivity index (χ2n) is 12.5. The molecule has 3 saturated carbocycles. The van der Waals surface area contributed by atoms with E-state index in [0.29, 0.717) is 18.3 Å². The fraction of sp³-hybridized carbons (Fsp3) is 0.885. The molecule has 0 aromatic carbocycles. The van der Waals surface area contributed by atoms with Crippen LogP contribution in [0.3, 0.4) is 0 Å². The van der Waals surface area contributed by atoms with Gasteiger partial charge in [0, 0.05) is 23.0 Å². The van der Waals surface area contributed by atoms with Crippen LogP contribution in [0, 0.1) is 39.4 Å². The molecule has 168 valence electrons. The fourth-order valence-corrected chi connectivity index (χ4v) is 9.78. The lowest BCUT2D eigenvalue weighted by Gasteiger charge is -2.70. The van der Waals surface area contributed by atoms with Gasteiger partial charge in [-0.05, 0) is 86.0 Å². The first kappa shape index (κ1) is 21.0. The third kappa shape index (κ3) is 2.33. The number of esters is 1. The Morgan fingerprint density at radius 1 is 1.03 bits per heavy atom. The van der Waals surface area contributed by atoms with Crippen LogP contribution in [0.4, 0.5) is 0 Å². The molecule has 0 aromatic rings. The first-order valence-corrected chi connectivity index (χ1v) is 12.3. The zero-order chi connectivity index (χ0) is 21.7. The highest BCUT2D eigenvalue weighted by molar-refractivity contribution is 5.94. The van der Waals surface area contributed by atoms with Crippen LogP contribution in [-0.4, -0.2) is 35.0 Å². The van der Waals surface area contributed by atoms with Gasteiger partial charge in [-0.2, -0.15) is 0 Å². The van der Waals surface area contributed by atoms with Crippen LogP contribution in [0.25, 0.3) is 0 Å². The lowest BCUT2D eigenvalue weighted by molar-refractivity contribution is -0.233. The molecule has 0 radical (unpaired) electrons. The summed E-state index contributed by atoms with van der Waals surface area (Å²) >= 11 is 0. The minimum Gasteiger partial charge on any atom is -0.455 e. The Morgan fingerprint density at radius 3 is 2.47 bits per heavy atom. The molecule has 1 heterocycles. The summed E-state index contributed by atoms with van der Waals surface area (Å²) < 4.78 is 5.63. The highest BCUT2D eigenvalue weighted by atomic mass is 16.5. The van der Waals surface area contributed by atoms with Crippen molar-refractivity contribution in [3.63, 3.8) is 0 Å². The van der Waals surface area contributed by atoms with Crippen LogP contribution < -0.4 is 0 Å². The average molecular weight is 417 g/mol. The highest BCUT2D eigenvalue weighted by Gasteiger charge is 2.69. The molecule has 4 nitrogen and oxygen atoms in total. The SMILES string of the molecule is C[C@@H]1OC(=O)C2=C1CC[C@H]1[C@]3(C)CC[C@H]4C(C)(C)CCC[C@]4(CO)[C@H]3C[C@@H](O)[C@]21C. The molecule has 0 unspecified atom stereocenters. The van der Waals surface area contributed by atoms with Gasteiger partial charge in [-0.25, -0.2) is 4.79 Å². The molecule has 0 saturated heterocycles. The zero-order valence-corrected chi connectivity index (χ0v) is 19.5. The first-order chi connectivity index (χ1) is 14.0. The van der Waals surface area contributed by atoms with Gasteiger partial charge in [0.15, 0.2) is 0 Å². The van der Waals surface area contributed by atoms with Crippen LogP contribution in [0.5, 0.6) is 0 Å². The number of hydrogen-bond donors (Lipinski definition) is 2. The van der Waals surface area contributed by atoms with Crippen molar-refractivity contribution in [3.8, 4) is 0 Å². The van der Waals surface area contributed by atoms with Crippen molar-refractivity contribution in [1.82, 2.24) is 0 Å². The van der Waals surface area contributed by atoms with Gasteiger partial charge in [-0.1, -0.05) is 34.1 Å². The van der Waals surface area contributed by atoms with Crippen molar-refractivity contribution in [2.45, 2.75) is 98.2 Å². The van der Waals surface area contributed by atoms with E-state index >= 15 is 0 Å². The Labute approximate surface area is 181 Å². The molecule has 5 rings (SSSR count). The molecule has 2 N–H and O–H groups in total. The summed E-state index contributed by atoms with van der Waals surface area (Å²) in [5.41, 5.74) is 1.56. The average Bonchev–Trinajstić information content (AvgIpc) is 2.97. The summed E-state index contributed by atoms with van der Waals surface area (Å²) in [6, 6.07) is 0. The molecule has 4 heteroatoms. The van der Waals surface area contributed by atoms with Crippen LogP contribution >= 0.6 is 0 Å². The monoisotopic (exact) mass is 416 g/mol. The molecule has 0 spiro atoms. The predicted octanol–water partition coefficient (Wildman–Crippen LogP) is 4.63. The Balaban J connectivity index is 1.62. The maximum absolute atomic E-state index is 12.9. The number of aliphatic hydroxyl groups is 2. The molecule has 5 aliphatic rings. The number of hydrogen-bond acceptors (Lipinski definition) is 4. The number of cyclic esters (lactones) is 1. The van der Waals surface area contributed by atoms with E-state index in [0.717, 1.165) is 49.7 Å². The number of carbonyl (C=O) groups excluding carboxylic acids is 1. The predicted molar refractivity (Wildman–Crippen MR) is 116 cm³/mol. The van der Waals surface area contributed by atoms with Crippen molar-refractivity contribution >= 4 is 5.97 Å². The van der Waals surface area contributed by atoms with E-state index in [9.17, 15) is 15.0 Å². The Bertz CT molecular complexity index is 799. The van der Waals surface area contributed by atoms with Gasteiger partial charge in [0.25, 0.3) is 0 Å². The standard InChI is InChI=1S/C26H40O4/c1-15-16-7-8-18-24(4)12-9-17-23(2,3)10-6-11-26(17,14-27)19(24)13-20(28)25(18,5)21(16)22(29)30-15/h15,17-20,27-28H,6-14H2,1-5H3/t15-,17-,18-,19-,20+,24-,25+,26+/m0/s1. The van der Waals surface area contributed by atoms with Gasteiger partial charge in [-0.3, -0.25) is 0 Å². The van der Waals surface area contributed by atoms with Gasteiger partial charge >= 0.3 is 5.97 Å². The molecular formula is C26H40O4. The van der Waals surface area contributed by atoms with Crippen molar-refractivity contribution < 1.29 is 19.7 Å². The van der Waals surface area contributed by atoms with E-state index in [-0.39, 0.29) is 40.8 Å². The third-order valence-corrected chi connectivity index (χ3v) is 11.1. The quantitative estimate of drug-likeness (QED) is 0.612. The Kier molecular flexibility index (Phi) is 4.44. The molecule has 0 bridgehead atoms. The molecule has 8 atom stereocenters. The molecule has 3 fully saturated rings. The van der Waals surface area contributed by atoms with Crippen molar-refractivity contribution in [1.29, 1.82) is 0 Å². The van der Waals surface area contributed by atoms with Gasteiger partial charge in [0.1, 0.15) is 6.10 Å². The Morgan fingerprint density at radius 2 is 1.77 bits per heavy atom. The topological polar surface area (TPSA) is 66.8 Å². The van der Waals surface area contributed by atoms with E-state index in [1.165, 1.54) is 6.42 Å². The fourth-order valence-electron chi connectivity index (χ4n) is 9.78. The number of rotatable bonds is 1. The summed E-state index contributed by atoms with van der Waals surface area (Å²) in [6.07, 6.45) is 7.63. The van der Waals surface area contributed by atoms with E-state index in [1.807, 2.05) is 6.92 Å². The third-order valence-electron chi connectivity index (χ3n) is 11.1. The first-order valence-electron chi connectivity index (χ1n) is 12.3. The van der Waals surface area contributed by atoms with Crippen LogP contribution in [0.1, 0.15) is 86.0 Å². The maximum Gasteiger partial charge on any atom is 0.335 e. The molecule has 0 aromatic heterocycles. The van der Waals surface area contributed by atoms with E-state index < -0.39 is 11.5 Å². The lowest BCUT2D eigenvalue weighted by atomic mass is 9.35. The van der Waals surface area contributed by atoms with Crippen LogP contribution in [-0.2, 0) is 9.53 Å². The number of aliphatic hydroxyl groups excluding tert-OH is 2. The molecule has 0 amide bonds. The summed E-state index contributed by atoms with van der Waals surface area (Å²) in [7, 11) is 0. The number of fused-ring (bicyclic) bond motifs is 6. The normalized spacial score (nSPS) is 52.1. The van der Waals surface area contributed by atoms with Gasteiger partial charge in [-0.15, -0.1) is 0 Å². The smallest absolute Gasteiger partial charge is 0.335 e. The molecular weight excluding hydrogens is 376 g/mol. The summed E-state index contributed by atoms with van der Waals surface area (Å²) in [5, 5.41) is 22.5. The summed E-state index contributed by atoms with van der Waals surface area (Å²) in [6.45, 7) is 11.5. The van der Waals surface area contributed by atoms with E-state index in [2.05, 4.69) is 27.7 Å². The Hall–Kier alpha value is -0.870. The maximum atomic E-state index is 12.9. The van der Waals surface area contributed by atoms with Crippen LogP contribution in [0.15, 0.2) is 11.1 Å². The van der Waals surface area contributed by atoms with E-state index in [4.69, 9.17) is 4.74 Å². The lowest BCUT2D eigenvalue weighted by Crippen LogP contribution is -2.66. The van der Waals surface area contributed by atoms with Gasteiger partial charge < -0.3 is 14.9 Å². The second kappa shape index (κ2) is 6.34. The van der Waals surface area contributed by atoms with Gasteiger partial charge in [0.2, 0.25) is 0 Å². The number of ether oxygens (including phenoxy) is 1. The van der Waals surface area contributed by atoms with Gasteiger partial charge in [0.05, 0.1) is 6.10 Å². The summed E-state index contributed by atoms with van der Waals surface area (Å²) in [5.74, 6) is 0.867. The zero-order valence-electron chi connectivity index (χ0n) is 19.5. The van der Waals surface area contributed by atoms with Crippen molar-refractivity contribution in [3.05, 3.63) is 11.1 Å². The van der Waals surface area contributed by atoms with E-state index in [1.54, 1.807) is 0 Å². The minimum atomic E-state index is -0.559. The summed E-state index contributed by atoms with van der Waals surface area (Å²) in [4.78, 5) is 12.9. The minimum absolute atomic E-state index is 0.0330. The van der Waals surface area contributed by atoms with Crippen molar-refractivity contribution in [2.75, 3.05) is 6.61 Å². The molecule has 30 heavy (non-hydrogen) atoms. The highest BCUT2D eigenvalue weighted by Crippen LogP contribution is 2.73.